The van der Waals surface area contributed by atoms with E-state index in [0.29, 0.717) is 10.6 Å². The topological polar surface area (TPSA) is 89.3 Å². The Bertz CT molecular complexity index is 833. The van der Waals surface area contributed by atoms with E-state index in [1.165, 1.54) is 12.1 Å². The summed E-state index contributed by atoms with van der Waals surface area (Å²) in [6.07, 6.45) is 0. The van der Waals surface area contributed by atoms with Gasteiger partial charge in [-0.15, -0.1) is 0 Å². The van der Waals surface area contributed by atoms with E-state index in [1.54, 1.807) is 25.1 Å². The molecular formula is C16H17ClN2O3S. The first-order valence-corrected chi connectivity index (χ1v) is 8.80. The largest absolute Gasteiger partial charge is 0.346 e. The van der Waals surface area contributed by atoms with Gasteiger partial charge in [-0.3, -0.25) is 4.79 Å². The molecule has 0 unspecified atom stereocenters. The maximum atomic E-state index is 12.4. The van der Waals surface area contributed by atoms with Gasteiger partial charge in [0.05, 0.1) is 10.9 Å². The molecule has 1 atom stereocenters. The number of primary sulfonamides is 1. The first kappa shape index (κ1) is 17.5. The van der Waals surface area contributed by atoms with Gasteiger partial charge in [0.15, 0.2) is 0 Å². The molecule has 2 aromatic carbocycles. The molecule has 0 saturated heterocycles. The van der Waals surface area contributed by atoms with Gasteiger partial charge in [0.1, 0.15) is 0 Å². The van der Waals surface area contributed by atoms with Crippen molar-refractivity contribution in [2.75, 3.05) is 0 Å². The molecule has 0 radical (unpaired) electrons. The zero-order valence-corrected chi connectivity index (χ0v) is 14.3. The van der Waals surface area contributed by atoms with Gasteiger partial charge in [-0.25, -0.2) is 13.6 Å². The van der Waals surface area contributed by atoms with Crippen LogP contribution in [0.25, 0.3) is 0 Å². The number of carbonyl (C=O) groups excluding carboxylic acids is 1. The lowest BCUT2D eigenvalue weighted by atomic mass is 10.1. The summed E-state index contributed by atoms with van der Waals surface area (Å²) in [6, 6.07) is 11.1. The molecule has 2 rings (SSSR count). The van der Waals surface area contributed by atoms with Gasteiger partial charge >= 0.3 is 0 Å². The van der Waals surface area contributed by atoms with Crippen LogP contribution in [0, 0.1) is 6.92 Å². The van der Waals surface area contributed by atoms with Gasteiger partial charge in [0, 0.05) is 10.6 Å². The van der Waals surface area contributed by atoms with E-state index >= 15 is 0 Å². The van der Waals surface area contributed by atoms with E-state index in [0.717, 1.165) is 5.56 Å². The smallest absolute Gasteiger partial charge is 0.252 e. The summed E-state index contributed by atoms with van der Waals surface area (Å²) in [6.45, 7) is 3.56. The summed E-state index contributed by atoms with van der Waals surface area (Å²) >= 11 is 5.84. The maximum Gasteiger partial charge on any atom is 0.252 e. The van der Waals surface area contributed by atoms with Crippen LogP contribution in [0.5, 0.6) is 0 Å². The number of hydrogen-bond donors (Lipinski definition) is 2. The van der Waals surface area contributed by atoms with Crippen LogP contribution in [-0.2, 0) is 10.0 Å². The number of benzene rings is 2. The monoisotopic (exact) mass is 352 g/mol. The number of aryl methyl sites for hydroxylation is 1. The van der Waals surface area contributed by atoms with Crippen LogP contribution in [0.4, 0.5) is 0 Å². The third-order valence-corrected chi connectivity index (χ3v) is 4.66. The van der Waals surface area contributed by atoms with E-state index in [1.807, 2.05) is 19.1 Å². The number of hydrogen-bond acceptors (Lipinski definition) is 3. The predicted octanol–water partition coefficient (Wildman–Crippen LogP) is 2.79. The highest BCUT2D eigenvalue weighted by molar-refractivity contribution is 7.89. The second-order valence-electron chi connectivity index (χ2n) is 5.27. The molecule has 0 aliphatic carbocycles. The molecule has 0 spiro atoms. The van der Waals surface area contributed by atoms with Crippen molar-refractivity contribution in [1.29, 1.82) is 0 Å². The number of amides is 1. The molecule has 0 heterocycles. The fraction of sp³-hybridized carbons (Fsp3) is 0.188. The zero-order valence-electron chi connectivity index (χ0n) is 12.7. The summed E-state index contributed by atoms with van der Waals surface area (Å²) in [5.74, 6) is -0.365. The summed E-state index contributed by atoms with van der Waals surface area (Å²) in [5, 5.41) is 8.56. The number of halogens is 1. The molecule has 23 heavy (non-hydrogen) atoms. The van der Waals surface area contributed by atoms with Crippen molar-refractivity contribution in [3.8, 4) is 0 Å². The first-order valence-electron chi connectivity index (χ1n) is 6.88. The summed E-state index contributed by atoms with van der Waals surface area (Å²) < 4.78 is 22.9. The maximum absolute atomic E-state index is 12.4. The molecular weight excluding hydrogens is 336 g/mol. The van der Waals surface area contributed by atoms with Crippen LogP contribution in [-0.4, -0.2) is 14.3 Å². The third kappa shape index (κ3) is 4.31. The molecule has 122 valence electrons. The molecule has 0 aromatic heterocycles. The molecule has 0 bridgehead atoms. The molecule has 5 nitrogen and oxygen atoms in total. The number of carbonyl (C=O) groups is 1. The molecule has 0 fully saturated rings. The van der Waals surface area contributed by atoms with Gasteiger partial charge < -0.3 is 5.32 Å². The Balaban J connectivity index is 2.25. The number of nitrogens with two attached hydrogens (primary N) is 1. The molecule has 3 N–H and O–H groups in total. The van der Waals surface area contributed by atoms with E-state index in [2.05, 4.69) is 5.32 Å². The fourth-order valence-corrected chi connectivity index (χ4v) is 2.80. The van der Waals surface area contributed by atoms with Gasteiger partial charge in [0.25, 0.3) is 5.91 Å². The van der Waals surface area contributed by atoms with Crippen LogP contribution in [0.2, 0.25) is 5.02 Å². The lowest BCUT2D eigenvalue weighted by Gasteiger charge is -2.16. The van der Waals surface area contributed by atoms with Crippen LogP contribution in [0.3, 0.4) is 0 Å². The average Bonchev–Trinajstić information content (AvgIpc) is 2.46. The highest BCUT2D eigenvalue weighted by atomic mass is 35.5. The lowest BCUT2D eigenvalue weighted by Crippen LogP contribution is -2.27. The van der Waals surface area contributed by atoms with Crippen molar-refractivity contribution in [2.45, 2.75) is 24.8 Å². The van der Waals surface area contributed by atoms with Crippen molar-refractivity contribution in [3.63, 3.8) is 0 Å². The minimum absolute atomic E-state index is 0.0904. The van der Waals surface area contributed by atoms with E-state index < -0.39 is 10.0 Å². The average molecular weight is 353 g/mol. The summed E-state index contributed by atoms with van der Waals surface area (Å²) in [5.41, 5.74) is 1.83. The standard InChI is InChI=1S/C16H17ClN2O3S/c1-10-3-8-14(23(18,21)22)9-15(10)16(20)19-11(2)12-4-6-13(17)7-5-12/h3-9,11H,1-2H3,(H,19,20)(H2,18,21,22)/t11-/m0/s1. The number of sulfonamides is 1. The van der Waals surface area contributed by atoms with Crippen LogP contribution >= 0.6 is 11.6 Å². The Morgan fingerprint density at radius 1 is 1.17 bits per heavy atom. The molecule has 2 aromatic rings. The number of rotatable bonds is 4. The summed E-state index contributed by atoms with van der Waals surface area (Å²) in [7, 11) is -3.86. The Kier molecular flexibility index (Phi) is 5.09. The SMILES string of the molecule is Cc1ccc(S(N)(=O)=O)cc1C(=O)N[C@@H](C)c1ccc(Cl)cc1. The Labute approximate surface area is 140 Å². The molecule has 1 amide bonds. The Morgan fingerprint density at radius 2 is 1.78 bits per heavy atom. The van der Waals surface area contributed by atoms with Crippen molar-refractivity contribution < 1.29 is 13.2 Å². The second-order valence-corrected chi connectivity index (χ2v) is 7.27. The van der Waals surface area contributed by atoms with Gasteiger partial charge in [0.2, 0.25) is 10.0 Å². The van der Waals surface area contributed by atoms with Gasteiger partial charge in [-0.1, -0.05) is 29.8 Å². The van der Waals surface area contributed by atoms with Crippen molar-refractivity contribution >= 4 is 27.5 Å². The van der Waals surface area contributed by atoms with E-state index in [9.17, 15) is 13.2 Å². The summed E-state index contributed by atoms with van der Waals surface area (Å²) in [4.78, 5) is 12.3. The highest BCUT2D eigenvalue weighted by Gasteiger charge is 2.17. The van der Waals surface area contributed by atoms with Crippen molar-refractivity contribution in [1.82, 2.24) is 5.32 Å². The molecule has 7 heteroatoms. The predicted molar refractivity (Wildman–Crippen MR) is 89.9 cm³/mol. The Hall–Kier alpha value is -1.89. The van der Waals surface area contributed by atoms with Crippen LogP contribution in [0.15, 0.2) is 47.4 Å². The van der Waals surface area contributed by atoms with Gasteiger partial charge in [-0.05, 0) is 49.2 Å². The molecule has 0 aliphatic rings. The first-order chi connectivity index (χ1) is 10.7. The minimum Gasteiger partial charge on any atom is -0.346 e. The third-order valence-electron chi connectivity index (χ3n) is 3.50. The van der Waals surface area contributed by atoms with Crippen molar-refractivity contribution in [3.05, 3.63) is 64.2 Å². The fourth-order valence-electron chi connectivity index (χ4n) is 2.13. The normalized spacial score (nSPS) is 12.7. The van der Waals surface area contributed by atoms with Crippen LogP contribution in [0.1, 0.15) is 34.5 Å². The van der Waals surface area contributed by atoms with E-state index in [-0.39, 0.29) is 22.4 Å². The quantitative estimate of drug-likeness (QED) is 0.886. The van der Waals surface area contributed by atoms with Crippen LogP contribution < -0.4 is 10.5 Å². The lowest BCUT2D eigenvalue weighted by molar-refractivity contribution is 0.0939. The molecule has 0 aliphatic heterocycles. The highest BCUT2D eigenvalue weighted by Crippen LogP contribution is 2.19. The van der Waals surface area contributed by atoms with E-state index in [4.69, 9.17) is 16.7 Å². The van der Waals surface area contributed by atoms with Crippen molar-refractivity contribution in [2.24, 2.45) is 5.14 Å². The second kappa shape index (κ2) is 6.70. The molecule has 0 saturated carbocycles. The number of nitrogens with one attached hydrogen (secondary N) is 1. The minimum atomic E-state index is -3.86. The Morgan fingerprint density at radius 3 is 2.35 bits per heavy atom. The zero-order chi connectivity index (χ0) is 17.2. The van der Waals surface area contributed by atoms with Gasteiger partial charge in [-0.2, -0.15) is 0 Å².